The molecule has 0 amide bonds. The van der Waals surface area contributed by atoms with E-state index in [4.69, 9.17) is 9.47 Å². The Morgan fingerprint density at radius 3 is 2.93 bits per heavy atom. The van der Waals surface area contributed by atoms with Gasteiger partial charge in [0.2, 0.25) is 6.79 Å². The van der Waals surface area contributed by atoms with E-state index in [1.807, 2.05) is 12.1 Å². The van der Waals surface area contributed by atoms with Crippen LogP contribution >= 0.6 is 24.0 Å². The lowest BCUT2D eigenvalue weighted by Gasteiger charge is -2.13. The van der Waals surface area contributed by atoms with Crippen LogP contribution in [0.2, 0.25) is 0 Å². The number of nitrogens with zero attached hydrogens (tertiary/aromatic N) is 4. The van der Waals surface area contributed by atoms with Crippen LogP contribution < -0.4 is 20.1 Å². The van der Waals surface area contributed by atoms with Crippen molar-refractivity contribution >= 4 is 29.9 Å². The van der Waals surface area contributed by atoms with Crippen LogP contribution in [0.25, 0.3) is 0 Å². The first-order valence-electron chi connectivity index (χ1n) is 9.57. The number of nitrogens with one attached hydrogen (secondary N) is 2. The first kappa shape index (κ1) is 20.7. The fourth-order valence-electron chi connectivity index (χ4n) is 3.48. The minimum absolute atomic E-state index is 0. The number of aromatic nitrogens is 3. The molecule has 0 saturated carbocycles. The normalized spacial score (nSPS) is 15.4. The third kappa shape index (κ3) is 4.86. The number of halogens is 1. The summed E-state index contributed by atoms with van der Waals surface area (Å²) in [5.41, 5.74) is 1.20. The molecular formula is C19H27IN6O2. The van der Waals surface area contributed by atoms with Crippen LogP contribution in [0.15, 0.2) is 23.2 Å². The topological polar surface area (TPSA) is 85.6 Å². The van der Waals surface area contributed by atoms with Crippen LogP contribution in [-0.4, -0.2) is 41.1 Å². The third-order valence-corrected chi connectivity index (χ3v) is 4.97. The zero-order chi connectivity index (χ0) is 18.5. The molecule has 2 aliphatic heterocycles. The first-order chi connectivity index (χ1) is 13.3. The number of ether oxygens (including phenoxy) is 2. The van der Waals surface area contributed by atoms with Crippen LogP contribution in [-0.2, 0) is 25.9 Å². The number of aliphatic imine (C=N–C) groups is 1. The van der Waals surface area contributed by atoms with Gasteiger partial charge >= 0.3 is 0 Å². The van der Waals surface area contributed by atoms with Gasteiger partial charge in [-0.05, 0) is 37.0 Å². The van der Waals surface area contributed by atoms with E-state index in [1.54, 1.807) is 7.05 Å². The second kappa shape index (κ2) is 9.94. The molecule has 2 aromatic rings. The minimum Gasteiger partial charge on any atom is -0.454 e. The summed E-state index contributed by atoms with van der Waals surface area (Å²) in [7, 11) is 1.78. The second-order valence-corrected chi connectivity index (χ2v) is 6.78. The predicted octanol–water partition coefficient (Wildman–Crippen LogP) is 2.26. The Hall–Kier alpha value is -2.04. The average molecular weight is 498 g/mol. The molecule has 0 unspecified atom stereocenters. The molecule has 0 spiro atoms. The first-order valence-corrected chi connectivity index (χ1v) is 9.57. The van der Waals surface area contributed by atoms with E-state index >= 15 is 0 Å². The molecule has 4 rings (SSSR count). The van der Waals surface area contributed by atoms with E-state index in [2.05, 4.69) is 36.5 Å². The van der Waals surface area contributed by atoms with Crippen LogP contribution in [0.5, 0.6) is 11.5 Å². The monoisotopic (exact) mass is 498 g/mol. The van der Waals surface area contributed by atoms with Crippen molar-refractivity contribution in [3.05, 3.63) is 35.4 Å². The average Bonchev–Trinajstić information content (AvgIpc) is 3.24. The maximum Gasteiger partial charge on any atom is 0.231 e. The highest BCUT2D eigenvalue weighted by molar-refractivity contribution is 14.0. The molecule has 3 heterocycles. The summed E-state index contributed by atoms with van der Waals surface area (Å²) in [4.78, 5) is 4.30. The second-order valence-electron chi connectivity index (χ2n) is 6.78. The maximum atomic E-state index is 5.43. The third-order valence-electron chi connectivity index (χ3n) is 4.97. The predicted molar refractivity (Wildman–Crippen MR) is 117 cm³/mol. The number of fused-ring (bicyclic) bond motifs is 2. The Morgan fingerprint density at radius 1 is 1.14 bits per heavy atom. The number of hydrogen-bond donors (Lipinski definition) is 2. The van der Waals surface area contributed by atoms with Crippen LogP contribution in [0.4, 0.5) is 0 Å². The molecular weight excluding hydrogens is 471 g/mol. The van der Waals surface area contributed by atoms with Crippen LogP contribution in [0.1, 0.15) is 36.5 Å². The van der Waals surface area contributed by atoms with E-state index in [9.17, 15) is 0 Å². The van der Waals surface area contributed by atoms with Gasteiger partial charge in [-0.15, -0.1) is 34.2 Å². The molecule has 0 fully saturated rings. The largest absolute Gasteiger partial charge is 0.454 e. The lowest BCUT2D eigenvalue weighted by Crippen LogP contribution is -2.38. The molecule has 2 aliphatic rings. The van der Waals surface area contributed by atoms with Gasteiger partial charge in [-0.2, -0.15) is 0 Å². The summed E-state index contributed by atoms with van der Waals surface area (Å²) in [5.74, 6) is 4.49. The Balaban J connectivity index is 0.00000225. The van der Waals surface area contributed by atoms with Crippen LogP contribution in [0.3, 0.4) is 0 Å². The van der Waals surface area contributed by atoms with Crippen molar-refractivity contribution in [2.75, 3.05) is 20.4 Å². The van der Waals surface area contributed by atoms with Gasteiger partial charge in [0, 0.05) is 26.6 Å². The smallest absolute Gasteiger partial charge is 0.231 e. The van der Waals surface area contributed by atoms with Crippen molar-refractivity contribution < 1.29 is 9.47 Å². The van der Waals surface area contributed by atoms with Crippen molar-refractivity contribution in [1.82, 2.24) is 25.4 Å². The van der Waals surface area contributed by atoms with Gasteiger partial charge in [0.15, 0.2) is 23.3 Å². The molecule has 1 aromatic heterocycles. The summed E-state index contributed by atoms with van der Waals surface area (Å²) in [6, 6.07) is 6.06. The molecule has 0 atom stereocenters. The van der Waals surface area contributed by atoms with Crippen molar-refractivity contribution in [2.24, 2.45) is 4.99 Å². The number of benzene rings is 1. The lowest BCUT2D eigenvalue weighted by atomic mass is 10.1. The van der Waals surface area contributed by atoms with E-state index in [0.29, 0.717) is 13.3 Å². The van der Waals surface area contributed by atoms with Crippen molar-refractivity contribution in [3.8, 4) is 11.5 Å². The van der Waals surface area contributed by atoms with Crippen molar-refractivity contribution in [1.29, 1.82) is 0 Å². The Morgan fingerprint density at radius 2 is 2.04 bits per heavy atom. The summed E-state index contributed by atoms with van der Waals surface area (Å²) >= 11 is 0. The summed E-state index contributed by atoms with van der Waals surface area (Å²) in [5, 5.41) is 15.4. The van der Waals surface area contributed by atoms with Gasteiger partial charge in [0.1, 0.15) is 5.82 Å². The molecule has 0 aliphatic carbocycles. The number of hydrogen-bond acceptors (Lipinski definition) is 5. The van der Waals surface area contributed by atoms with Gasteiger partial charge in [-0.25, -0.2) is 0 Å². The van der Waals surface area contributed by atoms with Gasteiger partial charge in [0.25, 0.3) is 0 Å². The Bertz CT molecular complexity index is 823. The SMILES string of the molecule is CN=C(NCCc1ccc2c(c1)OCO2)NCc1nnc2n1CCCCC2.I. The fraction of sp³-hybridized carbons (Fsp3) is 0.526. The Labute approximate surface area is 182 Å². The van der Waals surface area contributed by atoms with Gasteiger partial charge in [-0.3, -0.25) is 4.99 Å². The quantitative estimate of drug-likeness (QED) is 0.374. The highest BCUT2D eigenvalue weighted by Crippen LogP contribution is 2.32. The van der Waals surface area contributed by atoms with E-state index in [0.717, 1.165) is 55.0 Å². The highest BCUT2D eigenvalue weighted by atomic mass is 127. The summed E-state index contributed by atoms with van der Waals surface area (Å²) < 4.78 is 13.0. The molecule has 0 saturated heterocycles. The van der Waals surface area contributed by atoms with Gasteiger partial charge in [-0.1, -0.05) is 12.5 Å². The van der Waals surface area contributed by atoms with E-state index < -0.39 is 0 Å². The molecule has 1 aromatic carbocycles. The zero-order valence-electron chi connectivity index (χ0n) is 16.1. The van der Waals surface area contributed by atoms with Gasteiger partial charge in [0.05, 0.1) is 6.54 Å². The van der Waals surface area contributed by atoms with Crippen molar-refractivity contribution in [3.63, 3.8) is 0 Å². The molecule has 0 radical (unpaired) electrons. The van der Waals surface area contributed by atoms with Crippen LogP contribution in [0, 0.1) is 0 Å². The fourth-order valence-corrected chi connectivity index (χ4v) is 3.48. The highest BCUT2D eigenvalue weighted by Gasteiger charge is 2.15. The molecule has 2 N–H and O–H groups in total. The molecule has 0 bridgehead atoms. The lowest BCUT2D eigenvalue weighted by molar-refractivity contribution is 0.174. The summed E-state index contributed by atoms with van der Waals surface area (Å²) in [6.07, 6.45) is 5.56. The number of aryl methyl sites for hydroxylation is 1. The Kier molecular flexibility index (Phi) is 7.35. The van der Waals surface area contributed by atoms with Crippen molar-refractivity contribution in [2.45, 2.75) is 45.2 Å². The summed E-state index contributed by atoms with van der Waals surface area (Å²) in [6.45, 7) is 2.71. The van der Waals surface area contributed by atoms with E-state index in [1.165, 1.54) is 24.8 Å². The minimum atomic E-state index is 0. The standard InChI is InChI=1S/C19H26N6O2.HI/c1-20-19(21-9-8-14-6-7-15-16(11-14)27-13-26-15)22-12-18-24-23-17-5-3-2-4-10-25(17)18;/h6-7,11H,2-5,8-10,12-13H2,1H3,(H2,20,21,22);1H. The zero-order valence-corrected chi connectivity index (χ0v) is 18.4. The molecule has 9 heteroatoms. The molecule has 28 heavy (non-hydrogen) atoms. The maximum absolute atomic E-state index is 5.43. The molecule has 152 valence electrons. The van der Waals surface area contributed by atoms with Gasteiger partial charge < -0.3 is 24.7 Å². The number of guanidine groups is 1. The van der Waals surface area contributed by atoms with E-state index in [-0.39, 0.29) is 24.0 Å². The molecule has 8 nitrogen and oxygen atoms in total. The number of rotatable bonds is 5.